The number of nitrogens with one attached hydrogen (secondary N) is 2. The lowest BCUT2D eigenvalue weighted by atomic mass is 10.1. The zero-order valence-electron chi connectivity index (χ0n) is 15.8. The summed E-state index contributed by atoms with van der Waals surface area (Å²) in [7, 11) is -1.63. The Morgan fingerprint density at radius 2 is 1.96 bits per heavy atom. The second kappa shape index (κ2) is 7.59. The number of hydrogen-bond donors (Lipinski definition) is 2. The number of fused-ring (bicyclic) bond motifs is 1. The second-order valence-corrected chi connectivity index (χ2v) is 8.38. The Bertz CT molecular complexity index is 1160. The normalized spacial score (nSPS) is 11.6. The maximum Gasteiger partial charge on any atom is 0.251 e. The molecule has 1 heterocycles. The largest absolute Gasteiger partial charge is 0.352 e. The van der Waals surface area contributed by atoms with E-state index in [4.69, 9.17) is 0 Å². The molecule has 148 valence electrons. The molecule has 2 aromatic carbocycles. The van der Waals surface area contributed by atoms with Crippen LogP contribution in [0.5, 0.6) is 0 Å². The standard InChI is InChI=1S/C19H21FN4O3S/c1-12-4-5-13(10-16(12)23-28(3,26)27)19(25)21-9-8-18-22-15-7-6-14(20)11-17(15)24(18)2/h4-7,10-11,23H,8-9H2,1-3H3,(H,21,25). The van der Waals surface area contributed by atoms with Crippen LogP contribution in [-0.4, -0.2) is 36.7 Å². The molecule has 1 aromatic heterocycles. The molecule has 0 saturated heterocycles. The molecule has 0 saturated carbocycles. The maximum absolute atomic E-state index is 13.4. The summed E-state index contributed by atoms with van der Waals surface area (Å²) in [6, 6.07) is 9.23. The molecule has 0 bridgehead atoms. The van der Waals surface area contributed by atoms with Gasteiger partial charge in [-0.3, -0.25) is 9.52 Å². The van der Waals surface area contributed by atoms with Gasteiger partial charge in [-0.15, -0.1) is 0 Å². The zero-order valence-corrected chi connectivity index (χ0v) is 16.6. The highest BCUT2D eigenvalue weighted by atomic mass is 32.2. The summed E-state index contributed by atoms with van der Waals surface area (Å²) in [4.78, 5) is 16.9. The lowest BCUT2D eigenvalue weighted by molar-refractivity contribution is 0.0954. The Labute approximate surface area is 162 Å². The predicted molar refractivity (Wildman–Crippen MR) is 106 cm³/mol. The van der Waals surface area contributed by atoms with Crippen molar-refractivity contribution in [1.29, 1.82) is 0 Å². The second-order valence-electron chi connectivity index (χ2n) is 6.63. The highest BCUT2D eigenvalue weighted by molar-refractivity contribution is 7.92. The number of halogens is 1. The summed E-state index contributed by atoms with van der Waals surface area (Å²) in [5.74, 6) is 0.0822. The number of nitrogens with zero attached hydrogens (tertiary/aromatic N) is 2. The van der Waals surface area contributed by atoms with E-state index in [0.29, 0.717) is 40.8 Å². The number of aryl methyl sites for hydroxylation is 2. The Morgan fingerprint density at radius 3 is 2.68 bits per heavy atom. The number of carbonyl (C=O) groups is 1. The molecule has 0 radical (unpaired) electrons. The van der Waals surface area contributed by atoms with E-state index in [0.717, 1.165) is 12.1 Å². The topological polar surface area (TPSA) is 93.1 Å². The van der Waals surface area contributed by atoms with E-state index in [1.165, 1.54) is 18.2 Å². The van der Waals surface area contributed by atoms with Gasteiger partial charge in [0, 0.05) is 25.6 Å². The third kappa shape index (κ3) is 4.48. The van der Waals surface area contributed by atoms with Crippen LogP contribution in [0.2, 0.25) is 0 Å². The highest BCUT2D eigenvalue weighted by Crippen LogP contribution is 2.18. The van der Waals surface area contributed by atoms with Crippen LogP contribution in [0.3, 0.4) is 0 Å². The van der Waals surface area contributed by atoms with Gasteiger partial charge in [-0.25, -0.2) is 17.8 Å². The third-order valence-electron chi connectivity index (χ3n) is 4.36. The first kappa shape index (κ1) is 19.8. The van der Waals surface area contributed by atoms with Gasteiger partial charge >= 0.3 is 0 Å². The SMILES string of the molecule is Cc1ccc(C(=O)NCCc2nc3ccc(F)cc3n2C)cc1NS(C)(=O)=O. The van der Waals surface area contributed by atoms with Gasteiger partial charge < -0.3 is 9.88 Å². The Balaban J connectivity index is 1.68. The van der Waals surface area contributed by atoms with E-state index in [1.807, 2.05) is 0 Å². The minimum atomic E-state index is -3.44. The quantitative estimate of drug-likeness (QED) is 0.660. The van der Waals surface area contributed by atoms with E-state index in [2.05, 4.69) is 15.0 Å². The van der Waals surface area contributed by atoms with Gasteiger partial charge in [0.05, 0.1) is 23.0 Å². The van der Waals surface area contributed by atoms with Crippen molar-refractivity contribution in [2.24, 2.45) is 7.05 Å². The van der Waals surface area contributed by atoms with E-state index < -0.39 is 10.0 Å². The van der Waals surface area contributed by atoms with Crippen molar-refractivity contribution in [2.45, 2.75) is 13.3 Å². The van der Waals surface area contributed by atoms with Crippen molar-refractivity contribution >= 4 is 32.7 Å². The number of rotatable bonds is 6. The van der Waals surface area contributed by atoms with Crippen molar-refractivity contribution in [3.63, 3.8) is 0 Å². The first-order valence-electron chi connectivity index (χ1n) is 8.61. The van der Waals surface area contributed by atoms with Crippen molar-refractivity contribution in [1.82, 2.24) is 14.9 Å². The van der Waals surface area contributed by atoms with Gasteiger partial charge in [0.15, 0.2) is 0 Å². The molecule has 0 unspecified atom stereocenters. The minimum absolute atomic E-state index is 0.318. The van der Waals surface area contributed by atoms with Crippen molar-refractivity contribution < 1.29 is 17.6 Å². The average Bonchev–Trinajstić information content (AvgIpc) is 2.91. The van der Waals surface area contributed by atoms with Gasteiger partial charge in [0.2, 0.25) is 10.0 Å². The van der Waals surface area contributed by atoms with Gasteiger partial charge in [0.1, 0.15) is 11.6 Å². The van der Waals surface area contributed by atoms with Gasteiger partial charge in [-0.2, -0.15) is 0 Å². The molecule has 28 heavy (non-hydrogen) atoms. The van der Waals surface area contributed by atoms with Crippen LogP contribution < -0.4 is 10.0 Å². The molecule has 0 fully saturated rings. The fraction of sp³-hybridized carbons (Fsp3) is 0.263. The van der Waals surface area contributed by atoms with Gasteiger partial charge in [0.25, 0.3) is 5.91 Å². The van der Waals surface area contributed by atoms with Crippen LogP contribution in [-0.2, 0) is 23.5 Å². The first-order valence-corrected chi connectivity index (χ1v) is 10.5. The first-order chi connectivity index (χ1) is 13.1. The molecule has 0 atom stereocenters. The molecule has 7 nitrogen and oxygen atoms in total. The van der Waals surface area contributed by atoms with Gasteiger partial charge in [-0.05, 0) is 42.8 Å². The summed E-state index contributed by atoms with van der Waals surface area (Å²) in [6.45, 7) is 2.09. The molecule has 0 aliphatic heterocycles. The van der Waals surface area contributed by atoms with Crippen LogP contribution in [0.15, 0.2) is 36.4 Å². The summed E-state index contributed by atoms with van der Waals surface area (Å²) in [6.07, 6.45) is 1.53. The summed E-state index contributed by atoms with van der Waals surface area (Å²) >= 11 is 0. The zero-order chi connectivity index (χ0) is 20.5. The van der Waals surface area contributed by atoms with E-state index in [9.17, 15) is 17.6 Å². The summed E-state index contributed by atoms with van der Waals surface area (Å²) < 4.78 is 40.5. The monoisotopic (exact) mass is 404 g/mol. The lowest BCUT2D eigenvalue weighted by Gasteiger charge is -2.10. The molecule has 3 aromatic rings. The van der Waals surface area contributed by atoms with E-state index in [-0.39, 0.29) is 11.7 Å². The molecule has 9 heteroatoms. The lowest BCUT2D eigenvalue weighted by Crippen LogP contribution is -2.26. The van der Waals surface area contributed by atoms with Crippen LogP contribution in [0.1, 0.15) is 21.7 Å². The molecular weight excluding hydrogens is 383 g/mol. The van der Waals surface area contributed by atoms with E-state index in [1.54, 1.807) is 36.7 Å². The van der Waals surface area contributed by atoms with Crippen LogP contribution in [0.4, 0.5) is 10.1 Å². The van der Waals surface area contributed by atoms with Crippen LogP contribution >= 0.6 is 0 Å². The summed E-state index contributed by atoms with van der Waals surface area (Å²) in [5.41, 5.74) is 2.82. The Kier molecular flexibility index (Phi) is 5.37. The molecule has 0 aliphatic rings. The van der Waals surface area contributed by atoms with Crippen molar-refractivity contribution in [3.8, 4) is 0 Å². The fourth-order valence-corrected chi connectivity index (χ4v) is 3.52. The minimum Gasteiger partial charge on any atom is -0.352 e. The average molecular weight is 404 g/mol. The molecular formula is C19H21FN4O3S. The third-order valence-corrected chi connectivity index (χ3v) is 4.96. The Morgan fingerprint density at radius 1 is 1.21 bits per heavy atom. The van der Waals surface area contributed by atoms with Gasteiger partial charge in [-0.1, -0.05) is 6.07 Å². The molecule has 0 aliphatic carbocycles. The Hall–Kier alpha value is -2.94. The number of amides is 1. The molecule has 1 amide bonds. The molecule has 0 spiro atoms. The number of benzene rings is 2. The van der Waals surface area contributed by atoms with Crippen LogP contribution in [0.25, 0.3) is 11.0 Å². The molecule has 3 rings (SSSR count). The molecule has 2 N–H and O–H groups in total. The number of carbonyl (C=O) groups excluding carboxylic acids is 1. The number of sulfonamides is 1. The maximum atomic E-state index is 13.4. The predicted octanol–water partition coefficient (Wildman–Crippen LogP) is 2.36. The number of imidazole rings is 1. The fourth-order valence-electron chi connectivity index (χ4n) is 2.90. The van der Waals surface area contributed by atoms with E-state index >= 15 is 0 Å². The van der Waals surface area contributed by atoms with Crippen LogP contribution in [0, 0.1) is 12.7 Å². The number of aromatic nitrogens is 2. The van der Waals surface area contributed by atoms with Crippen molar-refractivity contribution in [3.05, 3.63) is 59.2 Å². The smallest absolute Gasteiger partial charge is 0.251 e. The number of hydrogen-bond acceptors (Lipinski definition) is 4. The summed E-state index contributed by atoms with van der Waals surface area (Å²) in [5, 5.41) is 2.80. The number of anilines is 1. The highest BCUT2D eigenvalue weighted by Gasteiger charge is 2.12. The van der Waals surface area contributed by atoms with Crippen molar-refractivity contribution in [2.75, 3.05) is 17.5 Å².